The van der Waals surface area contributed by atoms with Crippen molar-refractivity contribution in [3.05, 3.63) is 58.6 Å². The van der Waals surface area contributed by atoms with Crippen LogP contribution in [0.2, 0.25) is 5.02 Å². The van der Waals surface area contributed by atoms with Gasteiger partial charge in [-0.05, 0) is 17.7 Å². The molecule has 114 valence electrons. The molecule has 0 radical (unpaired) electrons. The second-order valence-corrected chi connectivity index (χ2v) is 5.60. The van der Waals surface area contributed by atoms with Crippen molar-refractivity contribution in [1.82, 2.24) is 9.88 Å². The largest absolute Gasteiger partial charge is 0.495 e. The average molecular weight is 321 g/mol. The third-order valence-electron chi connectivity index (χ3n) is 3.76. The van der Waals surface area contributed by atoms with E-state index in [0.29, 0.717) is 18.1 Å². The number of nitrogens with zero attached hydrogens (tertiary/aromatic N) is 2. The van der Waals surface area contributed by atoms with Gasteiger partial charge in [0.05, 0.1) is 13.3 Å². The number of aromatic nitrogens is 1. The van der Waals surface area contributed by atoms with Crippen molar-refractivity contribution < 1.29 is 13.9 Å². The fourth-order valence-electron chi connectivity index (χ4n) is 2.43. The molecule has 2 heterocycles. The molecule has 0 unspecified atom stereocenters. The third kappa shape index (κ3) is 2.76. The number of carbonyl (C=O) groups is 1. The molecule has 1 aromatic carbocycles. The number of likely N-dealkylation sites (tertiary alicyclic amines) is 1. The number of amides is 1. The molecule has 0 spiro atoms. The van der Waals surface area contributed by atoms with Crippen molar-refractivity contribution in [2.24, 2.45) is 0 Å². The average Bonchev–Trinajstić information content (AvgIpc) is 2.47. The summed E-state index contributed by atoms with van der Waals surface area (Å²) in [5.41, 5.74) is 0.951. The van der Waals surface area contributed by atoms with Crippen molar-refractivity contribution in [1.29, 1.82) is 0 Å². The smallest absolute Gasteiger partial charge is 0.275 e. The van der Waals surface area contributed by atoms with Crippen LogP contribution >= 0.6 is 11.6 Å². The van der Waals surface area contributed by atoms with Gasteiger partial charge in [-0.2, -0.15) is 0 Å². The quantitative estimate of drug-likeness (QED) is 0.872. The van der Waals surface area contributed by atoms with Gasteiger partial charge in [-0.25, -0.2) is 9.37 Å². The molecule has 0 bridgehead atoms. The molecule has 3 rings (SSSR count). The summed E-state index contributed by atoms with van der Waals surface area (Å²) in [7, 11) is 1.42. The second-order valence-electron chi connectivity index (χ2n) is 5.16. The Balaban J connectivity index is 1.67. The monoisotopic (exact) mass is 320 g/mol. The lowest BCUT2D eigenvalue weighted by Crippen LogP contribution is -2.48. The fraction of sp³-hybridized carbons (Fsp3) is 0.250. The Kier molecular flexibility index (Phi) is 3.98. The summed E-state index contributed by atoms with van der Waals surface area (Å²) >= 11 is 5.85. The van der Waals surface area contributed by atoms with E-state index in [1.165, 1.54) is 13.3 Å². The number of hydrogen-bond acceptors (Lipinski definition) is 3. The molecule has 1 fully saturated rings. The Morgan fingerprint density at radius 3 is 2.64 bits per heavy atom. The maximum atomic E-state index is 13.9. The number of methoxy groups -OCH3 is 1. The predicted molar refractivity (Wildman–Crippen MR) is 80.8 cm³/mol. The van der Waals surface area contributed by atoms with E-state index < -0.39 is 11.7 Å². The van der Waals surface area contributed by atoms with Crippen molar-refractivity contribution in [3.8, 4) is 5.75 Å². The van der Waals surface area contributed by atoms with Crippen LogP contribution in [0.15, 0.2) is 36.5 Å². The summed E-state index contributed by atoms with van der Waals surface area (Å²) < 4.78 is 18.7. The maximum absolute atomic E-state index is 13.9. The van der Waals surface area contributed by atoms with Gasteiger partial charge in [-0.1, -0.05) is 23.7 Å². The van der Waals surface area contributed by atoms with Crippen molar-refractivity contribution >= 4 is 17.5 Å². The van der Waals surface area contributed by atoms with Crippen LogP contribution in [-0.2, 0) is 0 Å². The Morgan fingerprint density at radius 1 is 1.36 bits per heavy atom. The van der Waals surface area contributed by atoms with E-state index in [0.717, 1.165) is 11.6 Å². The lowest BCUT2D eigenvalue weighted by atomic mass is 9.91. The van der Waals surface area contributed by atoms with Gasteiger partial charge in [-0.3, -0.25) is 4.79 Å². The summed E-state index contributed by atoms with van der Waals surface area (Å²) in [6.45, 7) is 1.10. The maximum Gasteiger partial charge on any atom is 0.275 e. The summed E-state index contributed by atoms with van der Waals surface area (Å²) in [5, 5.41) is 0.681. The summed E-state index contributed by atoms with van der Waals surface area (Å²) in [4.78, 5) is 17.7. The molecule has 0 atom stereocenters. The number of hydrogen-bond donors (Lipinski definition) is 0. The zero-order valence-electron chi connectivity index (χ0n) is 11.9. The molecule has 0 N–H and O–H groups in total. The Morgan fingerprint density at radius 2 is 2.05 bits per heavy atom. The van der Waals surface area contributed by atoms with E-state index in [9.17, 15) is 9.18 Å². The molecular weight excluding hydrogens is 307 g/mol. The highest BCUT2D eigenvalue weighted by atomic mass is 35.5. The zero-order chi connectivity index (χ0) is 15.7. The summed E-state index contributed by atoms with van der Waals surface area (Å²) in [5.74, 6) is -0.524. The van der Waals surface area contributed by atoms with Gasteiger partial charge in [0, 0.05) is 30.1 Å². The molecule has 0 aliphatic carbocycles. The molecule has 1 aliphatic rings. The van der Waals surface area contributed by atoms with E-state index in [2.05, 4.69) is 4.98 Å². The Labute approximate surface area is 132 Å². The SMILES string of the molecule is COc1cnc(C(=O)N2CC(c3ccc(Cl)cc3)C2)c(F)c1. The minimum atomic E-state index is -0.667. The van der Waals surface area contributed by atoms with Gasteiger partial charge < -0.3 is 9.64 Å². The zero-order valence-corrected chi connectivity index (χ0v) is 12.7. The van der Waals surface area contributed by atoms with Crippen LogP contribution in [0.5, 0.6) is 5.75 Å². The summed E-state index contributed by atoms with van der Waals surface area (Å²) in [6, 6.07) is 8.71. The van der Waals surface area contributed by atoms with E-state index in [-0.39, 0.29) is 17.4 Å². The number of halogens is 2. The molecule has 1 saturated heterocycles. The minimum Gasteiger partial charge on any atom is -0.495 e. The molecule has 2 aromatic rings. The molecule has 1 aromatic heterocycles. The highest BCUT2D eigenvalue weighted by molar-refractivity contribution is 6.30. The van der Waals surface area contributed by atoms with Gasteiger partial charge >= 0.3 is 0 Å². The molecule has 1 amide bonds. The number of ether oxygens (including phenoxy) is 1. The number of benzene rings is 1. The lowest BCUT2D eigenvalue weighted by molar-refractivity contribution is 0.0590. The van der Waals surface area contributed by atoms with Crippen molar-refractivity contribution in [2.45, 2.75) is 5.92 Å². The van der Waals surface area contributed by atoms with Gasteiger partial charge in [-0.15, -0.1) is 0 Å². The van der Waals surface area contributed by atoms with E-state index >= 15 is 0 Å². The Hall–Kier alpha value is -2.14. The van der Waals surface area contributed by atoms with Gasteiger partial charge in [0.2, 0.25) is 0 Å². The van der Waals surface area contributed by atoms with Crippen LogP contribution in [0.4, 0.5) is 4.39 Å². The highest BCUT2D eigenvalue weighted by Gasteiger charge is 2.34. The second kappa shape index (κ2) is 5.93. The minimum absolute atomic E-state index is 0.171. The van der Waals surface area contributed by atoms with Crippen LogP contribution in [0, 0.1) is 5.82 Å². The number of carbonyl (C=O) groups excluding carboxylic acids is 1. The van der Waals surface area contributed by atoms with Crippen molar-refractivity contribution in [2.75, 3.05) is 20.2 Å². The molecule has 6 heteroatoms. The van der Waals surface area contributed by atoms with Crippen molar-refractivity contribution in [3.63, 3.8) is 0 Å². The van der Waals surface area contributed by atoms with E-state index in [1.54, 1.807) is 4.90 Å². The first-order valence-electron chi connectivity index (χ1n) is 6.82. The van der Waals surface area contributed by atoms with E-state index in [1.807, 2.05) is 24.3 Å². The predicted octanol–water partition coefficient (Wildman–Crippen LogP) is 3.12. The standard InChI is InChI=1S/C16H14ClFN2O2/c1-22-13-6-14(18)15(19-7-13)16(21)20-8-11(9-20)10-2-4-12(17)5-3-10/h2-7,11H,8-9H2,1H3. The molecule has 1 aliphatic heterocycles. The molecule has 4 nitrogen and oxygen atoms in total. The van der Waals surface area contributed by atoms with Crippen LogP contribution in [-0.4, -0.2) is 36.0 Å². The first-order chi connectivity index (χ1) is 10.6. The lowest BCUT2D eigenvalue weighted by Gasteiger charge is -2.39. The Bertz CT molecular complexity index is 700. The molecule has 0 saturated carbocycles. The van der Waals surface area contributed by atoms with Gasteiger partial charge in [0.1, 0.15) is 5.75 Å². The van der Waals surface area contributed by atoms with E-state index in [4.69, 9.17) is 16.3 Å². The summed E-state index contributed by atoms with van der Waals surface area (Å²) in [6.07, 6.45) is 1.34. The third-order valence-corrected chi connectivity index (χ3v) is 4.02. The first kappa shape index (κ1) is 14.8. The topological polar surface area (TPSA) is 42.4 Å². The van der Waals surface area contributed by atoms with Gasteiger partial charge in [0.25, 0.3) is 5.91 Å². The van der Waals surface area contributed by atoms with Crippen LogP contribution in [0.1, 0.15) is 22.0 Å². The normalized spacial score (nSPS) is 14.6. The van der Waals surface area contributed by atoms with Gasteiger partial charge in [0.15, 0.2) is 11.5 Å². The number of pyridine rings is 1. The molecular formula is C16H14ClFN2O2. The fourth-order valence-corrected chi connectivity index (χ4v) is 2.56. The van der Waals surface area contributed by atoms with Crippen LogP contribution in [0.25, 0.3) is 0 Å². The highest BCUT2D eigenvalue weighted by Crippen LogP contribution is 2.29. The van der Waals surface area contributed by atoms with Crippen LogP contribution < -0.4 is 4.74 Å². The number of rotatable bonds is 3. The van der Waals surface area contributed by atoms with Crippen LogP contribution in [0.3, 0.4) is 0 Å². The molecule has 22 heavy (non-hydrogen) atoms. The first-order valence-corrected chi connectivity index (χ1v) is 7.20.